The average molecular weight is 748 g/mol. The summed E-state index contributed by atoms with van der Waals surface area (Å²) in [7, 11) is 6.16. The Morgan fingerprint density at radius 1 is 0.860 bits per heavy atom. The maximum absolute atomic E-state index is 11.3. The normalized spacial score (nSPS) is 29.2. The zero-order valence-corrected chi connectivity index (χ0v) is 30.1. The number of quaternary nitrogens is 1. The van der Waals surface area contributed by atoms with Crippen LogP contribution in [0, 0.1) is 5.41 Å². The van der Waals surface area contributed by atoms with Crippen LogP contribution in [0.15, 0.2) is 0 Å². The van der Waals surface area contributed by atoms with Gasteiger partial charge in [0.15, 0.2) is 0 Å². The minimum absolute atomic E-state index is 0.0350. The number of thioether (sulfide) groups is 1. The van der Waals surface area contributed by atoms with Gasteiger partial charge >= 0.3 is 18.0 Å². The topological polar surface area (TPSA) is 327 Å². The second kappa shape index (κ2) is 22.5. The number of carboxylic acid groups (broad SMARTS) is 2. The largest absolute Gasteiger partial charge is 0.481 e. The van der Waals surface area contributed by atoms with Crippen LogP contribution in [0.5, 0.6) is 0 Å². The number of hydrogen-bond donors (Lipinski definition) is 14. The first-order valence-corrected chi connectivity index (χ1v) is 17.2. The second-order valence-corrected chi connectivity index (χ2v) is 15.2. The Kier molecular flexibility index (Phi) is 21.5. The number of aliphatic hydroxyl groups is 9. The van der Waals surface area contributed by atoms with E-state index in [0.717, 1.165) is 36.0 Å². The summed E-state index contributed by atoms with van der Waals surface area (Å²) in [6, 6.07) is 0.440. The number of amides is 3. The molecule has 0 radical (unpaired) electrons. The molecule has 3 aliphatic rings. The molecular formula is C30H59N4O15S+. The highest BCUT2D eigenvalue weighted by atomic mass is 32.2. The van der Waals surface area contributed by atoms with E-state index < -0.39 is 66.0 Å². The number of likely N-dealkylation sites (N-methyl/N-ethyl adjacent to an activating group) is 1. The fraction of sp³-hybridized carbons (Fsp3) is 0.867. The van der Waals surface area contributed by atoms with Crippen molar-refractivity contribution in [1.82, 2.24) is 16.0 Å². The van der Waals surface area contributed by atoms with Crippen molar-refractivity contribution in [1.29, 1.82) is 0 Å². The first-order chi connectivity index (χ1) is 23.0. The van der Waals surface area contributed by atoms with Gasteiger partial charge in [0.05, 0.1) is 52.9 Å². The zero-order valence-electron chi connectivity index (χ0n) is 29.3. The van der Waals surface area contributed by atoms with Gasteiger partial charge in [-0.3, -0.25) is 14.4 Å². The molecule has 14 N–H and O–H groups in total. The number of rotatable bonds is 13. The Labute approximate surface area is 295 Å². The fourth-order valence-electron chi connectivity index (χ4n) is 4.61. The van der Waals surface area contributed by atoms with E-state index in [1.165, 1.54) is 13.8 Å². The molecule has 0 aromatic carbocycles. The van der Waals surface area contributed by atoms with Gasteiger partial charge in [-0.1, -0.05) is 20.3 Å². The van der Waals surface area contributed by atoms with Crippen LogP contribution < -0.4 is 16.0 Å². The summed E-state index contributed by atoms with van der Waals surface area (Å²) in [5, 5.41) is 106. The number of nitrogens with zero attached hydrogens (tertiary/aromatic N) is 1. The lowest BCUT2D eigenvalue weighted by molar-refractivity contribution is -0.870. The fourth-order valence-corrected chi connectivity index (χ4v) is 6.15. The van der Waals surface area contributed by atoms with Crippen LogP contribution in [0.4, 0.5) is 4.79 Å². The smallest absolute Gasteiger partial charge is 0.315 e. The third kappa shape index (κ3) is 17.2. The van der Waals surface area contributed by atoms with Gasteiger partial charge in [0.25, 0.3) is 0 Å². The molecule has 20 heteroatoms. The summed E-state index contributed by atoms with van der Waals surface area (Å²) in [6.45, 7) is 3.82. The van der Waals surface area contributed by atoms with Crippen molar-refractivity contribution in [3.05, 3.63) is 0 Å². The van der Waals surface area contributed by atoms with Crippen LogP contribution in [0.2, 0.25) is 0 Å². The van der Waals surface area contributed by atoms with E-state index in [1.54, 1.807) is 0 Å². The molecule has 0 spiro atoms. The van der Waals surface area contributed by atoms with Crippen molar-refractivity contribution in [2.75, 3.05) is 53.2 Å². The maximum Gasteiger partial charge on any atom is 0.315 e. The van der Waals surface area contributed by atoms with Crippen molar-refractivity contribution in [3.63, 3.8) is 0 Å². The van der Waals surface area contributed by atoms with Crippen LogP contribution in [0.25, 0.3) is 0 Å². The molecule has 2 heterocycles. The van der Waals surface area contributed by atoms with E-state index in [-0.39, 0.29) is 50.7 Å². The number of unbranched alkanes of at least 4 members (excludes halogenated alkanes) is 1. The first kappa shape index (κ1) is 47.6. The third-order valence-corrected chi connectivity index (χ3v) is 9.48. The Morgan fingerprint density at radius 2 is 1.34 bits per heavy atom. The summed E-state index contributed by atoms with van der Waals surface area (Å²) < 4.78 is 0.844. The van der Waals surface area contributed by atoms with Gasteiger partial charge in [0.2, 0.25) is 5.91 Å². The number of fused-ring (bicyclic) bond motifs is 1. The lowest BCUT2D eigenvalue weighted by Crippen LogP contribution is -2.63. The molecule has 50 heavy (non-hydrogen) atoms. The number of carbonyl (C=O) groups is 4. The summed E-state index contributed by atoms with van der Waals surface area (Å²) in [4.78, 5) is 42.9. The molecule has 3 fully saturated rings. The van der Waals surface area contributed by atoms with Crippen LogP contribution in [-0.4, -0.2) is 198 Å². The standard InChI is InChI=1S/C10H16N2O3S.C9H17NO5.C6H12O6.C5H14NO/c13-8(14)4-2-1-3-7-9-6(5-16-7)11-10(15)12-9;1-9(2,5-11)7(14)8(15)10-4-3-6(12)13;7-1-2(8)4(10)6(12)5(11)3(1)9;1-6(2,3)4-5-7/h6-7,9H,1-5H2,(H,13,14)(H2,11,12,15);7,11,14H,3-5H2,1-2H3,(H,10,15)(H,12,13);1-12H;7H,4-5H2,1-3H3/q;;;+1/t6-,7-,9-;7-;;/m00../s1. The van der Waals surface area contributed by atoms with E-state index >= 15 is 0 Å². The second-order valence-electron chi connectivity index (χ2n) is 13.9. The molecule has 0 bridgehead atoms. The average Bonchev–Trinajstić information content (AvgIpc) is 3.58. The molecule has 0 aromatic heterocycles. The maximum atomic E-state index is 11.3. The number of carboxylic acids is 2. The van der Waals surface area contributed by atoms with Gasteiger partial charge in [-0.25, -0.2) is 4.79 Å². The zero-order chi connectivity index (χ0) is 39.0. The predicted octanol–water partition coefficient (Wildman–Crippen LogP) is -4.40. The Bertz CT molecular complexity index is 992. The summed E-state index contributed by atoms with van der Waals surface area (Å²) >= 11 is 1.87. The van der Waals surface area contributed by atoms with Gasteiger partial charge in [0, 0.05) is 29.4 Å². The van der Waals surface area contributed by atoms with E-state index in [0.29, 0.717) is 5.25 Å². The Balaban J connectivity index is 0.000000664. The monoisotopic (exact) mass is 747 g/mol. The summed E-state index contributed by atoms with van der Waals surface area (Å²) in [6.07, 6.45) is -8.51. The van der Waals surface area contributed by atoms with Gasteiger partial charge in [-0.05, 0) is 12.8 Å². The highest BCUT2D eigenvalue weighted by Crippen LogP contribution is 2.33. The summed E-state index contributed by atoms with van der Waals surface area (Å²) in [5.74, 6) is -1.46. The number of hydrogen-bond acceptors (Lipinski definition) is 14. The molecule has 3 rings (SSSR count). The van der Waals surface area contributed by atoms with E-state index in [2.05, 4.69) is 37.1 Å². The SMILES string of the molecule is CC(C)(CO)[C@@H](O)C(=O)NCCC(=O)O.C[N+](C)(C)CCO.O=C(O)CCCC[C@@H]1SC[C@@H]2NC(=O)N[C@@H]21.OC1C(O)C(O)C(O)C(O)C1O. The van der Waals surface area contributed by atoms with Crippen molar-refractivity contribution in [3.8, 4) is 0 Å². The first-order valence-electron chi connectivity index (χ1n) is 16.2. The van der Waals surface area contributed by atoms with Crippen molar-refractivity contribution < 1.29 is 79.8 Å². The Morgan fingerprint density at radius 3 is 1.72 bits per heavy atom. The van der Waals surface area contributed by atoms with Crippen LogP contribution >= 0.6 is 11.8 Å². The molecule has 1 aliphatic carbocycles. The number of carbonyl (C=O) groups excluding carboxylic acids is 2. The molecule has 19 nitrogen and oxygen atoms in total. The number of aliphatic hydroxyl groups excluding tert-OH is 9. The predicted molar refractivity (Wildman–Crippen MR) is 180 cm³/mol. The quantitative estimate of drug-likeness (QED) is 0.0480. The molecule has 294 valence electrons. The van der Waals surface area contributed by atoms with Crippen LogP contribution in [0.1, 0.15) is 46.0 Å². The summed E-state index contributed by atoms with van der Waals surface area (Å²) in [5.41, 5.74) is -0.937. The van der Waals surface area contributed by atoms with Crippen molar-refractivity contribution in [2.24, 2.45) is 5.41 Å². The lowest BCUT2D eigenvalue weighted by atomic mass is 9.85. The van der Waals surface area contributed by atoms with E-state index in [4.69, 9.17) is 51.1 Å². The van der Waals surface area contributed by atoms with Gasteiger partial charge in [-0.15, -0.1) is 0 Å². The molecule has 0 unspecified atom stereocenters. The van der Waals surface area contributed by atoms with Crippen LogP contribution in [0.3, 0.4) is 0 Å². The molecular weight excluding hydrogens is 688 g/mol. The molecule has 2 aliphatic heterocycles. The van der Waals surface area contributed by atoms with E-state index in [9.17, 15) is 24.3 Å². The molecule has 2 saturated heterocycles. The lowest BCUT2D eigenvalue weighted by Gasteiger charge is -2.39. The number of aliphatic carboxylic acids is 2. The van der Waals surface area contributed by atoms with Gasteiger partial charge in [-0.2, -0.15) is 11.8 Å². The Hall–Kier alpha value is -2.37. The van der Waals surface area contributed by atoms with Crippen molar-refractivity contribution in [2.45, 2.75) is 106 Å². The van der Waals surface area contributed by atoms with Crippen LogP contribution in [-0.2, 0) is 14.4 Å². The molecule has 4 atom stereocenters. The third-order valence-electron chi connectivity index (χ3n) is 7.97. The minimum atomic E-state index is -1.64. The molecule has 1 saturated carbocycles. The van der Waals surface area contributed by atoms with Gasteiger partial charge < -0.3 is 76.6 Å². The highest BCUT2D eigenvalue weighted by molar-refractivity contribution is 8.00. The molecule has 3 amide bonds. The highest BCUT2D eigenvalue weighted by Gasteiger charge is 2.47. The van der Waals surface area contributed by atoms with E-state index in [1.807, 2.05) is 11.8 Å². The minimum Gasteiger partial charge on any atom is -0.481 e. The number of urea groups is 1. The number of nitrogens with one attached hydrogen (secondary N) is 3. The van der Waals surface area contributed by atoms with Gasteiger partial charge in [0.1, 0.15) is 49.3 Å². The van der Waals surface area contributed by atoms with Crippen molar-refractivity contribution >= 4 is 35.6 Å². The molecule has 0 aromatic rings.